The Bertz CT molecular complexity index is 459. The average molecular weight is 273 g/mol. The lowest BCUT2D eigenvalue weighted by atomic mass is 10.1. The average Bonchev–Trinajstić information content (AvgIpc) is 3.26. The number of nitrogens with two attached hydrogens (primary N) is 1. The molecule has 4 nitrogen and oxygen atoms in total. The minimum Gasteiger partial charge on any atom is -0.399 e. The smallest absolute Gasteiger partial charge is 0.227 e. The molecule has 0 unspecified atom stereocenters. The standard InChI is InChI=1S/C16H23N3O/c17-15-5-3-13(4-6-15)11-16(20)19-9-7-18(8-10-19)12-14-1-2-14/h3-6,14H,1-2,7-12,17H2. The van der Waals surface area contributed by atoms with Gasteiger partial charge < -0.3 is 10.6 Å². The summed E-state index contributed by atoms with van der Waals surface area (Å²) in [6, 6.07) is 7.60. The lowest BCUT2D eigenvalue weighted by molar-refractivity contribution is -0.132. The quantitative estimate of drug-likeness (QED) is 0.843. The summed E-state index contributed by atoms with van der Waals surface area (Å²) in [5.41, 5.74) is 7.45. The van der Waals surface area contributed by atoms with Crippen molar-refractivity contribution in [3.63, 3.8) is 0 Å². The highest BCUT2D eigenvalue weighted by atomic mass is 16.2. The minimum atomic E-state index is 0.237. The number of rotatable bonds is 4. The number of nitrogen functional groups attached to an aromatic ring is 1. The van der Waals surface area contributed by atoms with E-state index in [0.29, 0.717) is 6.42 Å². The van der Waals surface area contributed by atoms with Crippen LogP contribution in [0.15, 0.2) is 24.3 Å². The van der Waals surface area contributed by atoms with E-state index in [9.17, 15) is 4.79 Å². The molecule has 1 aliphatic heterocycles. The SMILES string of the molecule is Nc1ccc(CC(=O)N2CCN(CC3CC3)CC2)cc1. The second-order valence-corrected chi connectivity index (χ2v) is 6.04. The fourth-order valence-corrected chi connectivity index (χ4v) is 2.77. The first kappa shape index (κ1) is 13.4. The molecule has 0 bridgehead atoms. The van der Waals surface area contributed by atoms with Crippen LogP contribution in [0.1, 0.15) is 18.4 Å². The van der Waals surface area contributed by atoms with Gasteiger partial charge in [-0.15, -0.1) is 0 Å². The number of anilines is 1. The highest BCUT2D eigenvalue weighted by molar-refractivity contribution is 5.79. The molecular weight excluding hydrogens is 250 g/mol. The number of nitrogens with zero attached hydrogens (tertiary/aromatic N) is 2. The zero-order chi connectivity index (χ0) is 13.9. The van der Waals surface area contributed by atoms with Crippen molar-refractivity contribution < 1.29 is 4.79 Å². The first-order valence-corrected chi connectivity index (χ1v) is 7.55. The number of benzene rings is 1. The summed E-state index contributed by atoms with van der Waals surface area (Å²) in [4.78, 5) is 16.8. The normalized spacial score (nSPS) is 20.1. The van der Waals surface area contributed by atoms with Crippen molar-refractivity contribution in [1.29, 1.82) is 0 Å². The Morgan fingerprint density at radius 2 is 1.75 bits per heavy atom. The van der Waals surface area contributed by atoms with E-state index in [2.05, 4.69) is 4.90 Å². The predicted molar refractivity (Wildman–Crippen MR) is 80.3 cm³/mol. The van der Waals surface area contributed by atoms with Crippen LogP contribution in [0.3, 0.4) is 0 Å². The molecule has 1 amide bonds. The summed E-state index contributed by atoms with van der Waals surface area (Å²) < 4.78 is 0. The number of hydrogen-bond donors (Lipinski definition) is 1. The van der Waals surface area contributed by atoms with Gasteiger partial charge in [0.15, 0.2) is 0 Å². The molecule has 1 saturated heterocycles. The molecule has 0 atom stereocenters. The molecule has 20 heavy (non-hydrogen) atoms. The van der Waals surface area contributed by atoms with E-state index in [1.807, 2.05) is 29.2 Å². The molecule has 2 N–H and O–H groups in total. The maximum absolute atomic E-state index is 12.3. The van der Waals surface area contributed by atoms with E-state index in [1.165, 1.54) is 19.4 Å². The summed E-state index contributed by atoms with van der Waals surface area (Å²) >= 11 is 0. The molecule has 4 heteroatoms. The minimum absolute atomic E-state index is 0.237. The summed E-state index contributed by atoms with van der Waals surface area (Å²) in [6.07, 6.45) is 3.29. The zero-order valence-electron chi connectivity index (χ0n) is 11.9. The summed E-state index contributed by atoms with van der Waals surface area (Å²) in [7, 11) is 0. The van der Waals surface area contributed by atoms with Gasteiger partial charge in [-0.25, -0.2) is 0 Å². The van der Waals surface area contributed by atoms with Gasteiger partial charge in [-0.2, -0.15) is 0 Å². The van der Waals surface area contributed by atoms with Crippen molar-refractivity contribution in [3.8, 4) is 0 Å². The molecular formula is C16H23N3O. The Balaban J connectivity index is 1.47. The Hall–Kier alpha value is -1.55. The number of carbonyl (C=O) groups is 1. The van der Waals surface area contributed by atoms with E-state index in [4.69, 9.17) is 5.73 Å². The number of piperazine rings is 1. The molecule has 3 rings (SSSR count). The van der Waals surface area contributed by atoms with Crippen molar-refractivity contribution in [2.24, 2.45) is 5.92 Å². The van der Waals surface area contributed by atoms with Crippen LogP contribution >= 0.6 is 0 Å². The maximum Gasteiger partial charge on any atom is 0.227 e. The van der Waals surface area contributed by atoms with Crippen molar-refractivity contribution in [1.82, 2.24) is 9.80 Å². The largest absolute Gasteiger partial charge is 0.399 e. The van der Waals surface area contributed by atoms with E-state index in [1.54, 1.807) is 0 Å². The molecule has 0 radical (unpaired) electrons. The van der Waals surface area contributed by atoms with Gasteiger partial charge in [0.25, 0.3) is 0 Å². The van der Waals surface area contributed by atoms with Crippen molar-refractivity contribution in [2.75, 3.05) is 38.5 Å². The first-order chi connectivity index (χ1) is 9.70. The molecule has 0 aromatic heterocycles. The summed E-state index contributed by atoms with van der Waals surface area (Å²) in [5, 5.41) is 0. The first-order valence-electron chi connectivity index (χ1n) is 7.55. The molecule has 1 aromatic rings. The van der Waals surface area contributed by atoms with Crippen LogP contribution in [0.25, 0.3) is 0 Å². The molecule has 1 heterocycles. The van der Waals surface area contributed by atoms with Crippen LogP contribution in [0.4, 0.5) is 5.69 Å². The van der Waals surface area contributed by atoms with E-state index < -0.39 is 0 Å². The topological polar surface area (TPSA) is 49.6 Å². The number of hydrogen-bond acceptors (Lipinski definition) is 3. The van der Waals surface area contributed by atoms with E-state index in [-0.39, 0.29) is 5.91 Å². The summed E-state index contributed by atoms with van der Waals surface area (Å²) in [5.74, 6) is 1.17. The van der Waals surface area contributed by atoms with Gasteiger partial charge in [0.2, 0.25) is 5.91 Å². The molecule has 1 saturated carbocycles. The van der Waals surface area contributed by atoms with Crippen LogP contribution in [0, 0.1) is 5.92 Å². The van der Waals surface area contributed by atoms with Crippen LogP contribution in [0.5, 0.6) is 0 Å². The van der Waals surface area contributed by atoms with Crippen molar-refractivity contribution in [2.45, 2.75) is 19.3 Å². The fourth-order valence-electron chi connectivity index (χ4n) is 2.77. The lowest BCUT2D eigenvalue weighted by Gasteiger charge is -2.34. The second-order valence-electron chi connectivity index (χ2n) is 6.04. The zero-order valence-corrected chi connectivity index (χ0v) is 11.9. The number of amides is 1. The molecule has 2 aliphatic rings. The van der Waals surface area contributed by atoms with Gasteiger partial charge in [-0.3, -0.25) is 9.69 Å². The van der Waals surface area contributed by atoms with Gasteiger partial charge in [0, 0.05) is 38.4 Å². The van der Waals surface area contributed by atoms with Gasteiger partial charge in [0.05, 0.1) is 6.42 Å². The Labute approximate surface area is 120 Å². The summed E-state index contributed by atoms with van der Waals surface area (Å²) in [6.45, 7) is 5.05. The Morgan fingerprint density at radius 1 is 1.10 bits per heavy atom. The second kappa shape index (κ2) is 5.83. The van der Waals surface area contributed by atoms with Crippen molar-refractivity contribution in [3.05, 3.63) is 29.8 Å². The fraction of sp³-hybridized carbons (Fsp3) is 0.562. The third kappa shape index (κ3) is 3.51. The maximum atomic E-state index is 12.3. The predicted octanol–water partition coefficient (Wildman–Crippen LogP) is 1.37. The van der Waals surface area contributed by atoms with Crippen LogP contribution in [-0.2, 0) is 11.2 Å². The van der Waals surface area contributed by atoms with Gasteiger partial charge in [-0.1, -0.05) is 12.1 Å². The highest BCUT2D eigenvalue weighted by Crippen LogP contribution is 2.29. The monoisotopic (exact) mass is 273 g/mol. The lowest BCUT2D eigenvalue weighted by Crippen LogP contribution is -2.49. The molecule has 108 valence electrons. The molecule has 0 spiro atoms. The molecule has 1 aliphatic carbocycles. The van der Waals surface area contributed by atoms with Crippen LogP contribution < -0.4 is 5.73 Å². The molecule has 2 fully saturated rings. The van der Waals surface area contributed by atoms with Gasteiger partial charge in [0.1, 0.15) is 0 Å². The van der Waals surface area contributed by atoms with Crippen LogP contribution in [0.2, 0.25) is 0 Å². The Morgan fingerprint density at radius 3 is 2.35 bits per heavy atom. The van der Waals surface area contributed by atoms with Crippen LogP contribution in [-0.4, -0.2) is 48.4 Å². The third-order valence-electron chi connectivity index (χ3n) is 4.27. The van der Waals surface area contributed by atoms with Gasteiger partial charge in [-0.05, 0) is 36.5 Å². The van der Waals surface area contributed by atoms with E-state index >= 15 is 0 Å². The van der Waals surface area contributed by atoms with Crippen molar-refractivity contribution >= 4 is 11.6 Å². The van der Waals surface area contributed by atoms with Gasteiger partial charge >= 0.3 is 0 Å². The highest BCUT2D eigenvalue weighted by Gasteiger charge is 2.27. The number of carbonyl (C=O) groups excluding carboxylic acids is 1. The Kier molecular flexibility index (Phi) is 3.92. The molecule has 1 aromatic carbocycles. The third-order valence-corrected chi connectivity index (χ3v) is 4.27. The van der Waals surface area contributed by atoms with E-state index in [0.717, 1.165) is 43.3 Å².